The normalized spacial score (nSPS) is 11.5. The number of fused-ring (bicyclic) bond motifs is 3. The van der Waals surface area contributed by atoms with Crippen molar-refractivity contribution in [2.75, 3.05) is 0 Å². The molecule has 0 saturated carbocycles. The van der Waals surface area contributed by atoms with Crippen molar-refractivity contribution < 1.29 is 4.79 Å². The van der Waals surface area contributed by atoms with Crippen molar-refractivity contribution in [1.29, 1.82) is 0 Å². The first-order valence-corrected chi connectivity index (χ1v) is 5.54. The molecule has 17 heavy (non-hydrogen) atoms. The van der Waals surface area contributed by atoms with Crippen LogP contribution in [0.2, 0.25) is 0 Å². The molecule has 0 aliphatic carbocycles. The number of carbonyl (C=O) groups is 1. The summed E-state index contributed by atoms with van der Waals surface area (Å²) in [6.07, 6.45) is 0. The lowest BCUT2D eigenvalue weighted by Crippen LogP contribution is -1.99. The van der Waals surface area contributed by atoms with E-state index in [2.05, 4.69) is 4.98 Å². The number of hydrogen-bond acceptors (Lipinski definition) is 2. The van der Waals surface area contributed by atoms with Crippen LogP contribution < -0.4 is 0 Å². The summed E-state index contributed by atoms with van der Waals surface area (Å²) in [5.41, 5.74) is 3.57. The number of aryl methyl sites for hydroxylation is 2. The molecule has 0 aliphatic heterocycles. The van der Waals surface area contributed by atoms with Gasteiger partial charge in [0.2, 0.25) is 5.78 Å². The Kier molecular flexibility index (Phi) is 1.90. The Labute approximate surface area is 98.5 Å². The molecule has 0 bridgehead atoms. The van der Waals surface area contributed by atoms with E-state index < -0.39 is 0 Å². The van der Waals surface area contributed by atoms with Crippen LogP contribution in [-0.4, -0.2) is 19.7 Å². The van der Waals surface area contributed by atoms with Gasteiger partial charge in [-0.25, -0.2) is 4.98 Å². The van der Waals surface area contributed by atoms with Crippen molar-refractivity contribution in [3.05, 3.63) is 35.7 Å². The molecule has 1 aromatic carbocycles. The third kappa shape index (κ3) is 1.18. The quantitative estimate of drug-likeness (QED) is 0.598. The van der Waals surface area contributed by atoms with Crippen molar-refractivity contribution in [3.63, 3.8) is 0 Å². The zero-order valence-electron chi connectivity index (χ0n) is 10.1. The largest absolute Gasteiger partial charge is 0.313 e. The van der Waals surface area contributed by atoms with E-state index >= 15 is 0 Å². The average molecular weight is 227 g/mol. The summed E-state index contributed by atoms with van der Waals surface area (Å²) in [6.45, 7) is 3.46. The molecular formula is C13H13N3O. The predicted molar refractivity (Wildman–Crippen MR) is 66.4 cm³/mol. The first kappa shape index (κ1) is 10.1. The maximum absolute atomic E-state index is 11.7. The zero-order valence-corrected chi connectivity index (χ0v) is 10.1. The van der Waals surface area contributed by atoms with Crippen LogP contribution in [0.15, 0.2) is 24.3 Å². The average Bonchev–Trinajstić information content (AvgIpc) is 2.76. The van der Waals surface area contributed by atoms with Crippen molar-refractivity contribution >= 4 is 22.6 Å². The van der Waals surface area contributed by atoms with Gasteiger partial charge < -0.3 is 4.57 Å². The smallest absolute Gasteiger partial charge is 0.215 e. The maximum atomic E-state index is 11.7. The van der Waals surface area contributed by atoms with E-state index in [9.17, 15) is 4.79 Å². The van der Waals surface area contributed by atoms with Crippen LogP contribution in [0, 0.1) is 6.92 Å². The number of ketones is 1. The van der Waals surface area contributed by atoms with Crippen molar-refractivity contribution in [2.45, 2.75) is 13.8 Å². The first-order chi connectivity index (χ1) is 8.11. The van der Waals surface area contributed by atoms with E-state index in [0.717, 1.165) is 22.5 Å². The Balaban J connectivity index is 2.62. The third-order valence-electron chi connectivity index (χ3n) is 3.15. The van der Waals surface area contributed by atoms with Crippen LogP contribution in [0.5, 0.6) is 0 Å². The number of nitrogens with zero attached hydrogens (tertiary/aromatic N) is 3. The summed E-state index contributed by atoms with van der Waals surface area (Å²) in [5, 5.41) is 0. The molecule has 0 fully saturated rings. The van der Waals surface area contributed by atoms with Gasteiger partial charge in [0.25, 0.3) is 0 Å². The van der Waals surface area contributed by atoms with Gasteiger partial charge >= 0.3 is 0 Å². The standard InChI is InChI=1S/C13H13N3O/c1-8-12(9(2)17)16-11-7-5-4-6-10(11)15(3)13(16)14-8/h4-7H,1-3H3. The molecule has 3 aromatic rings. The fourth-order valence-corrected chi connectivity index (χ4v) is 2.42. The second-order valence-electron chi connectivity index (χ2n) is 4.29. The fourth-order valence-electron chi connectivity index (χ4n) is 2.42. The topological polar surface area (TPSA) is 39.3 Å². The van der Waals surface area contributed by atoms with E-state index in [-0.39, 0.29) is 5.78 Å². The molecule has 0 aliphatic rings. The molecule has 0 spiro atoms. The minimum absolute atomic E-state index is 0.0475. The van der Waals surface area contributed by atoms with Gasteiger partial charge in [0, 0.05) is 14.0 Å². The number of para-hydroxylation sites is 2. The van der Waals surface area contributed by atoms with E-state index in [1.807, 2.05) is 47.2 Å². The Morgan fingerprint density at radius 1 is 1.24 bits per heavy atom. The summed E-state index contributed by atoms with van der Waals surface area (Å²) in [5.74, 6) is 0.861. The summed E-state index contributed by atoms with van der Waals surface area (Å²) in [7, 11) is 1.97. The molecule has 3 rings (SSSR count). The highest BCUT2D eigenvalue weighted by molar-refractivity contribution is 5.97. The molecule has 0 N–H and O–H groups in total. The highest BCUT2D eigenvalue weighted by Gasteiger charge is 2.18. The lowest BCUT2D eigenvalue weighted by molar-refractivity contribution is 0.101. The van der Waals surface area contributed by atoms with Crippen molar-refractivity contribution in [2.24, 2.45) is 7.05 Å². The summed E-state index contributed by atoms with van der Waals surface area (Å²) in [4.78, 5) is 16.2. The van der Waals surface area contributed by atoms with E-state index in [1.54, 1.807) is 6.92 Å². The minimum atomic E-state index is 0.0475. The lowest BCUT2D eigenvalue weighted by atomic mass is 10.2. The molecular weight excluding hydrogens is 214 g/mol. The Morgan fingerprint density at radius 2 is 1.88 bits per heavy atom. The van der Waals surface area contributed by atoms with Crippen molar-refractivity contribution in [3.8, 4) is 0 Å². The van der Waals surface area contributed by atoms with Crippen LogP contribution in [0.1, 0.15) is 23.1 Å². The fraction of sp³-hybridized carbons (Fsp3) is 0.231. The van der Waals surface area contributed by atoms with Gasteiger partial charge in [0.1, 0.15) is 5.69 Å². The third-order valence-corrected chi connectivity index (χ3v) is 3.15. The van der Waals surface area contributed by atoms with Crippen LogP contribution >= 0.6 is 0 Å². The van der Waals surface area contributed by atoms with Crippen molar-refractivity contribution in [1.82, 2.24) is 14.0 Å². The van der Waals surface area contributed by atoms with E-state index in [4.69, 9.17) is 0 Å². The molecule has 86 valence electrons. The molecule has 4 nitrogen and oxygen atoms in total. The maximum Gasteiger partial charge on any atom is 0.215 e. The summed E-state index contributed by atoms with van der Waals surface area (Å²) >= 11 is 0. The number of benzene rings is 1. The number of rotatable bonds is 1. The molecule has 0 atom stereocenters. The highest BCUT2D eigenvalue weighted by Crippen LogP contribution is 2.23. The summed E-state index contributed by atoms with van der Waals surface area (Å²) < 4.78 is 3.95. The van der Waals surface area contributed by atoms with Gasteiger partial charge in [-0.1, -0.05) is 12.1 Å². The Morgan fingerprint density at radius 3 is 2.53 bits per heavy atom. The van der Waals surface area contributed by atoms with Gasteiger partial charge in [-0.15, -0.1) is 0 Å². The predicted octanol–water partition coefficient (Wildman–Crippen LogP) is 2.34. The van der Waals surface area contributed by atoms with Gasteiger partial charge in [-0.2, -0.15) is 0 Å². The molecule has 2 heterocycles. The molecule has 0 saturated heterocycles. The zero-order chi connectivity index (χ0) is 12.2. The first-order valence-electron chi connectivity index (χ1n) is 5.54. The minimum Gasteiger partial charge on any atom is -0.313 e. The van der Waals surface area contributed by atoms with Gasteiger partial charge in [0.05, 0.1) is 16.7 Å². The number of Topliss-reactive ketones (excluding diaryl/α,β-unsaturated/α-hetero) is 1. The molecule has 0 unspecified atom stereocenters. The van der Waals surface area contributed by atoms with Gasteiger partial charge in [-0.3, -0.25) is 9.20 Å². The van der Waals surface area contributed by atoms with Crippen LogP contribution in [-0.2, 0) is 7.05 Å². The summed E-state index contributed by atoms with van der Waals surface area (Å²) in [6, 6.07) is 8.00. The number of hydrogen-bond donors (Lipinski definition) is 0. The van der Waals surface area contributed by atoms with E-state index in [1.165, 1.54) is 0 Å². The second-order valence-corrected chi connectivity index (χ2v) is 4.29. The number of imidazole rings is 2. The molecule has 2 aromatic heterocycles. The Bertz CT molecular complexity index is 749. The van der Waals surface area contributed by atoms with Gasteiger partial charge in [0.15, 0.2) is 5.78 Å². The molecule has 0 amide bonds. The van der Waals surface area contributed by atoms with Crippen LogP contribution in [0.25, 0.3) is 16.8 Å². The SMILES string of the molecule is CC(=O)c1c(C)nc2n(C)c3ccccc3n12. The Hall–Kier alpha value is -2.10. The second kappa shape index (κ2) is 3.20. The molecule has 4 heteroatoms. The van der Waals surface area contributed by atoms with Crippen LogP contribution in [0.4, 0.5) is 0 Å². The lowest BCUT2D eigenvalue weighted by Gasteiger charge is -1.97. The van der Waals surface area contributed by atoms with E-state index in [0.29, 0.717) is 5.69 Å². The van der Waals surface area contributed by atoms with Crippen LogP contribution in [0.3, 0.4) is 0 Å². The molecule has 0 radical (unpaired) electrons. The number of aromatic nitrogens is 3. The van der Waals surface area contributed by atoms with Gasteiger partial charge in [-0.05, 0) is 19.1 Å². The monoisotopic (exact) mass is 227 g/mol. The number of carbonyl (C=O) groups excluding carboxylic acids is 1. The highest BCUT2D eigenvalue weighted by atomic mass is 16.1.